The van der Waals surface area contributed by atoms with Crippen LogP contribution in [-0.4, -0.2) is 95.1 Å². The number of aryl methyl sites for hydroxylation is 1. The fraction of sp³-hybridized carbons (Fsp3) is 0.500. The molecule has 1 aromatic heterocycles. The molecule has 0 bridgehead atoms. The molecule has 46 heavy (non-hydrogen) atoms. The second kappa shape index (κ2) is 16.1. The molecule has 2 aromatic rings. The zero-order chi connectivity index (χ0) is 32.6. The van der Waals surface area contributed by atoms with E-state index in [0.717, 1.165) is 72.4 Å². The van der Waals surface area contributed by atoms with E-state index in [9.17, 15) is 9.59 Å². The van der Waals surface area contributed by atoms with Crippen LogP contribution < -0.4 is 11.1 Å². The summed E-state index contributed by atoms with van der Waals surface area (Å²) in [4.78, 5) is 28.2. The summed E-state index contributed by atoms with van der Waals surface area (Å²) in [6.45, 7) is 8.41. The van der Waals surface area contributed by atoms with E-state index in [1.165, 1.54) is 4.90 Å². The molecule has 5 rings (SSSR count). The standard InChI is InChI=1S/C34H42Cl2N6O4/c1-23-22-46-17-15-40(23)12-3-13-42-31-10-14-41(34(45)33(37)44)21-28(31)32(39-42)26-7-9-29(35)25(19-26)6-4-24-5-8-30(36)27(18-24)20-38-11-2-16-43/h7-9,18-19,23-24,38,43H,2-3,5,10-17,20-22H2,1H3,(H2,37,44)/t23-,24?/m0/s1. The van der Waals surface area contributed by atoms with Crippen molar-refractivity contribution in [3.05, 3.63) is 62.8 Å². The van der Waals surface area contributed by atoms with Gasteiger partial charge in [0.1, 0.15) is 0 Å². The first-order valence-corrected chi connectivity index (χ1v) is 16.7. The van der Waals surface area contributed by atoms with E-state index in [0.29, 0.717) is 55.5 Å². The van der Waals surface area contributed by atoms with Crippen molar-refractivity contribution in [2.24, 2.45) is 11.7 Å². The van der Waals surface area contributed by atoms with E-state index in [4.69, 9.17) is 43.9 Å². The molecule has 1 aliphatic carbocycles. The second-order valence-electron chi connectivity index (χ2n) is 12.0. The van der Waals surface area contributed by atoms with Gasteiger partial charge in [0.2, 0.25) is 0 Å². The number of morpholine rings is 1. The van der Waals surface area contributed by atoms with Crippen molar-refractivity contribution in [2.45, 2.75) is 51.7 Å². The molecule has 0 spiro atoms. The van der Waals surface area contributed by atoms with Gasteiger partial charge in [0.05, 0.1) is 30.5 Å². The highest BCUT2D eigenvalue weighted by Crippen LogP contribution is 2.33. The summed E-state index contributed by atoms with van der Waals surface area (Å²) in [5.74, 6) is 4.96. The van der Waals surface area contributed by atoms with Gasteiger partial charge in [0, 0.05) is 85.1 Å². The Morgan fingerprint density at radius 1 is 1.22 bits per heavy atom. The average molecular weight is 670 g/mol. The van der Waals surface area contributed by atoms with Gasteiger partial charge in [-0.2, -0.15) is 5.10 Å². The van der Waals surface area contributed by atoms with E-state index in [2.05, 4.69) is 39.7 Å². The van der Waals surface area contributed by atoms with E-state index >= 15 is 0 Å². The van der Waals surface area contributed by atoms with Crippen LogP contribution in [0.15, 0.2) is 41.0 Å². The fourth-order valence-electron chi connectivity index (χ4n) is 6.12. The molecular formula is C34H42Cl2N6O4. The van der Waals surface area contributed by atoms with Crippen molar-refractivity contribution in [1.29, 1.82) is 0 Å². The summed E-state index contributed by atoms with van der Waals surface area (Å²) in [6, 6.07) is 6.07. The number of hydrogen-bond donors (Lipinski definition) is 3. The van der Waals surface area contributed by atoms with Crippen LogP contribution in [-0.2, 0) is 33.8 Å². The summed E-state index contributed by atoms with van der Waals surface area (Å²) in [5, 5.41) is 18.6. The second-order valence-corrected chi connectivity index (χ2v) is 12.8. The van der Waals surface area contributed by atoms with Crippen LogP contribution in [0.2, 0.25) is 5.02 Å². The molecule has 12 heteroatoms. The predicted molar refractivity (Wildman–Crippen MR) is 179 cm³/mol. The Kier molecular flexibility index (Phi) is 12.0. The minimum atomic E-state index is -0.960. The maximum Gasteiger partial charge on any atom is 0.311 e. The van der Waals surface area contributed by atoms with Gasteiger partial charge in [-0.15, -0.1) is 0 Å². The highest BCUT2D eigenvalue weighted by Gasteiger charge is 2.30. The Hall–Kier alpha value is -3.17. The number of nitrogens with two attached hydrogens (primary N) is 1. The number of allylic oxidation sites excluding steroid dienone is 2. The number of hydrogen-bond acceptors (Lipinski definition) is 7. The maximum atomic E-state index is 12.5. The van der Waals surface area contributed by atoms with Gasteiger partial charge in [-0.3, -0.25) is 19.2 Å². The highest BCUT2D eigenvalue weighted by atomic mass is 35.5. The normalized spacial score (nSPS) is 20.0. The number of rotatable bonds is 10. The predicted octanol–water partition coefficient (Wildman–Crippen LogP) is 3.08. The fourth-order valence-corrected chi connectivity index (χ4v) is 6.50. The summed E-state index contributed by atoms with van der Waals surface area (Å²) in [5.41, 5.74) is 10.6. The summed E-state index contributed by atoms with van der Waals surface area (Å²) < 4.78 is 7.64. The monoisotopic (exact) mass is 668 g/mol. The number of halogens is 2. The van der Waals surface area contributed by atoms with Gasteiger partial charge in [-0.25, -0.2) is 0 Å². The van der Waals surface area contributed by atoms with Crippen LogP contribution in [0.5, 0.6) is 0 Å². The van der Waals surface area contributed by atoms with Gasteiger partial charge < -0.3 is 25.8 Å². The Balaban J connectivity index is 1.39. The van der Waals surface area contributed by atoms with E-state index < -0.39 is 11.8 Å². The molecule has 10 nitrogen and oxygen atoms in total. The number of aliphatic hydroxyl groups excluding tert-OH is 1. The molecule has 2 atom stereocenters. The zero-order valence-corrected chi connectivity index (χ0v) is 27.7. The smallest absolute Gasteiger partial charge is 0.311 e. The SMILES string of the molecule is C[C@H]1COCCN1CCCn1nc(-c2ccc(Cl)c(C#CC3C=C(CNCCCO)C(Cl)=CC3)c2)c2c1CCN(C(=O)C(N)=O)C2. The van der Waals surface area contributed by atoms with Crippen molar-refractivity contribution in [1.82, 2.24) is 24.9 Å². The van der Waals surface area contributed by atoms with Crippen LogP contribution in [0.4, 0.5) is 0 Å². The van der Waals surface area contributed by atoms with Crippen molar-refractivity contribution >= 4 is 35.0 Å². The van der Waals surface area contributed by atoms with Gasteiger partial charge in [0.25, 0.3) is 0 Å². The highest BCUT2D eigenvalue weighted by molar-refractivity contribution is 6.34. The minimum Gasteiger partial charge on any atom is -0.396 e. The lowest BCUT2D eigenvalue weighted by molar-refractivity contribution is -0.144. The minimum absolute atomic E-state index is 0.0219. The third kappa shape index (κ3) is 8.40. The molecular weight excluding hydrogens is 627 g/mol. The molecule has 3 aliphatic rings. The number of carbonyl (C=O) groups is 2. The molecule has 3 heterocycles. The first kappa shape index (κ1) is 34.2. The maximum absolute atomic E-state index is 12.5. The lowest BCUT2D eigenvalue weighted by atomic mass is 9.95. The van der Waals surface area contributed by atoms with Crippen molar-refractivity contribution in [3.63, 3.8) is 0 Å². The number of primary amides is 1. The van der Waals surface area contributed by atoms with Gasteiger partial charge in [-0.1, -0.05) is 53.3 Å². The molecule has 0 radical (unpaired) electrons. The molecule has 2 aliphatic heterocycles. The molecule has 1 aromatic carbocycles. The third-order valence-electron chi connectivity index (χ3n) is 8.67. The number of nitrogens with zero attached hydrogens (tertiary/aromatic N) is 4. The lowest BCUT2D eigenvalue weighted by Crippen LogP contribution is -2.44. The molecule has 0 saturated carbocycles. The lowest BCUT2D eigenvalue weighted by Gasteiger charge is -2.33. The number of amides is 2. The van der Waals surface area contributed by atoms with E-state index in [1.54, 1.807) is 0 Å². The molecule has 4 N–H and O–H groups in total. The molecule has 1 unspecified atom stereocenters. The Morgan fingerprint density at radius 3 is 2.85 bits per heavy atom. The van der Waals surface area contributed by atoms with E-state index in [1.807, 2.05) is 24.3 Å². The topological polar surface area (TPSA) is 126 Å². The number of fused-ring (bicyclic) bond motifs is 1. The Morgan fingerprint density at radius 2 is 2.07 bits per heavy atom. The molecule has 1 fully saturated rings. The van der Waals surface area contributed by atoms with Crippen LogP contribution in [0.3, 0.4) is 0 Å². The Labute approximate surface area is 280 Å². The number of nitrogens with one attached hydrogen (secondary N) is 1. The quantitative estimate of drug-likeness (QED) is 0.202. The molecule has 2 amide bonds. The first-order valence-electron chi connectivity index (χ1n) is 15.9. The van der Waals surface area contributed by atoms with Crippen molar-refractivity contribution in [2.75, 3.05) is 52.5 Å². The van der Waals surface area contributed by atoms with Crippen LogP contribution in [0.1, 0.15) is 43.0 Å². The molecule has 1 saturated heterocycles. The van der Waals surface area contributed by atoms with Gasteiger partial charge in [0.15, 0.2) is 0 Å². The summed E-state index contributed by atoms with van der Waals surface area (Å²) >= 11 is 13.1. The molecule has 246 valence electrons. The number of benzene rings is 1. The zero-order valence-electron chi connectivity index (χ0n) is 26.2. The first-order chi connectivity index (χ1) is 22.2. The van der Waals surface area contributed by atoms with Crippen LogP contribution >= 0.6 is 23.2 Å². The largest absolute Gasteiger partial charge is 0.396 e. The number of aliphatic hydroxyl groups is 1. The Bertz CT molecular complexity index is 1560. The van der Waals surface area contributed by atoms with Gasteiger partial charge >= 0.3 is 11.8 Å². The number of aromatic nitrogens is 2. The third-order valence-corrected chi connectivity index (χ3v) is 9.40. The summed E-state index contributed by atoms with van der Waals surface area (Å²) in [6.07, 6.45) is 6.96. The number of carbonyl (C=O) groups excluding carboxylic acids is 2. The average Bonchev–Trinajstić information content (AvgIpc) is 3.42. The van der Waals surface area contributed by atoms with Gasteiger partial charge in [-0.05, 0) is 50.4 Å². The van der Waals surface area contributed by atoms with E-state index in [-0.39, 0.29) is 19.1 Å². The van der Waals surface area contributed by atoms with Crippen molar-refractivity contribution in [3.8, 4) is 23.1 Å². The van der Waals surface area contributed by atoms with Crippen molar-refractivity contribution < 1.29 is 19.4 Å². The van der Waals surface area contributed by atoms with Crippen LogP contribution in [0.25, 0.3) is 11.3 Å². The van der Waals surface area contributed by atoms with Crippen LogP contribution in [0, 0.1) is 17.8 Å². The summed E-state index contributed by atoms with van der Waals surface area (Å²) in [7, 11) is 0. The number of ether oxygens (including phenoxy) is 1.